The second-order valence-corrected chi connectivity index (χ2v) is 20.3. The molecule has 5 atom stereocenters. The maximum Gasteiger partial charge on any atom is 0.168 e. The Hall–Kier alpha value is -2.50. The molecule has 35 nitrogen and oxygen atoms in total. The maximum absolute atomic E-state index is 8.31. The third kappa shape index (κ3) is 105. The number of hydrogen-bond donors (Lipinski definition) is 23. The van der Waals surface area contributed by atoms with Crippen LogP contribution in [0.2, 0.25) is 0 Å². The third-order valence-electron chi connectivity index (χ3n) is 10.4. The molecule has 0 aliphatic carbocycles. The second-order valence-electron chi connectivity index (χ2n) is 20.3. The summed E-state index contributed by atoms with van der Waals surface area (Å²) in [6, 6.07) is 5.38. The maximum atomic E-state index is 8.31. The molecule has 1 aromatic carbocycles. The number of rotatable bonds is 29. The Kier molecular flexibility index (Phi) is 112. The van der Waals surface area contributed by atoms with Crippen LogP contribution in [0.3, 0.4) is 0 Å². The van der Waals surface area contributed by atoms with E-state index in [2.05, 4.69) is 4.74 Å². The van der Waals surface area contributed by atoms with Crippen LogP contribution in [0, 0.1) is 0 Å². The van der Waals surface area contributed by atoms with Crippen molar-refractivity contribution in [3.63, 3.8) is 0 Å². The van der Waals surface area contributed by atoms with Gasteiger partial charge in [-0.05, 0) is 118 Å². The van der Waals surface area contributed by atoms with Gasteiger partial charge in [0, 0.05) is 114 Å². The van der Waals surface area contributed by atoms with E-state index >= 15 is 0 Å². The van der Waals surface area contributed by atoms with Gasteiger partial charge in [-0.25, -0.2) is 0 Å². The Morgan fingerprint density at radius 2 is 1.09 bits per heavy atom. The van der Waals surface area contributed by atoms with E-state index in [1.807, 2.05) is 39.0 Å². The van der Waals surface area contributed by atoms with Crippen LogP contribution in [0.4, 0.5) is 0 Å². The van der Waals surface area contributed by atoms with Gasteiger partial charge in [-0.15, -0.1) is 0 Å². The molecule has 0 spiro atoms. The first-order valence-electron chi connectivity index (χ1n) is 31.7. The van der Waals surface area contributed by atoms with Gasteiger partial charge in [-0.1, -0.05) is 6.07 Å². The summed E-state index contributed by atoms with van der Waals surface area (Å²) in [5.74, 6) is 1.10. The minimum absolute atomic E-state index is 0.0139. The molecule has 3 unspecified atom stereocenters. The van der Waals surface area contributed by atoms with Gasteiger partial charge in [-0.3, -0.25) is 0 Å². The van der Waals surface area contributed by atoms with E-state index in [1.54, 1.807) is 63.4 Å². The molecule has 4 rings (SSSR count). The van der Waals surface area contributed by atoms with E-state index in [-0.39, 0.29) is 77.1 Å². The summed E-state index contributed by atoms with van der Waals surface area (Å²) in [7, 11) is 9.68. The number of ether oxygens (including phenoxy) is 12. The molecule has 1 aromatic rings. The Labute approximate surface area is 570 Å². The molecule has 3 fully saturated rings. The van der Waals surface area contributed by atoms with Crippen molar-refractivity contribution in [2.24, 2.45) is 80.3 Å². The Morgan fingerprint density at radius 1 is 0.600 bits per heavy atom. The summed E-state index contributed by atoms with van der Waals surface area (Å²) >= 11 is 0. The first-order chi connectivity index (χ1) is 45.1. The number of aliphatic hydroxyl groups excluding tert-OH is 9. The molecule has 3 heterocycles. The third-order valence-corrected chi connectivity index (χ3v) is 10.4. The van der Waals surface area contributed by atoms with Crippen molar-refractivity contribution < 1.29 is 103 Å². The van der Waals surface area contributed by atoms with Gasteiger partial charge in [0.15, 0.2) is 29.9 Å². The van der Waals surface area contributed by atoms with Gasteiger partial charge in [0.2, 0.25) is 0 Å². The van der Waals surface area contributed by atoms with Gasteiger partial charge in [0.1, 0.15) is 0 Å². The van der Waals surface area contributed by atoms with Crippen molar-refractivity contribution in [3.8, 4) is 11.5 Å². The fourth-order valence-corrected chi connectivity index (χ4v) is 4.76. The first kappa shape index (κ1) is 114. The quantitative estimate of drug-likeness (QED) is 0.0262. The molecule has 0 radical (unpaired) electrons. The highest BCUT2D eigenvalue weighted by Crippen LogP contribution is 2.27. The average Bonchev–Trinajstić information content (AvgIpc) is 2.30. The van der Waals surface area contributed by atoms with Gasteiger partial charge >= 0.3 is 0 Å². The van der Waals surface area contributed by atoms with Crippen LogP contribution in [-0.2, 0) is 53.8 Å². The largest absolute Gasteiger partial charge is 0.493 e. The Bertz CT molecular complexity index is 1420. The lowest BCUT2D eigenvalue weighted by Crippen LogP contribution is -2.43. The molecular formula is C60H148N14O21. The zero-order valence-corrected chi connectivity index (χ0v) is 60.5. The predicted octanol–water partition coefficient (Wildman–Crippen LogP) is -6.48. The minimum Gasteiger partial charge on any atom is -0.493 e. The fraction of sp³-hybridized carbons (Fsp3) is 0.900. The number of hydrogen-bond acceptors (Lipinski definition) is 35. The lowest BCUT2D eigenvalue weighted by molar-refractivity contribution is -0.137. The molecular weight excluding hydrogens is 1250 g/mol. The first-order valence-corrected chi connectivity index (χ1v) is 31.7. The molecule has 584 valence electrons. The molecule has 37 N–H and O–H groups in total. The summed E-state index contributed by atoms with van der Waals surface area (Å²) < 4.78 is 59.8. The van der Waals surface area contributed by atoms with Crippen molar-refractivity contribution in [1.82, 2.24) is 0 Å². The number of methoxy groups -OCH3 is 6. The molecule has 3 aliphatic rings. The van der Waals surface area contributed by atoms with Crippen molar-refractivity contribution >= 4 is 0 Å². The highest BCUT2D eigenvalue weighted by Gasteiger charge is 2.31. The van der Waals surface area contributed by atoms with E-state index in [4.69, 9.17) is 178 Å². The molecule has 3 saturated heterocycles. The normalized spacial score (nSPS) is 15.4. The molecule has 35 heteroatoms. The molecule has 0 amide bonds. The van der Waals surface area contributed by atoms with Gasteiger partial charge in [0.05, 0.1) is 122 Å². The Balaban J connectivity index is -0.000000103. The number of benzene rings is 1. The van der Waals surface area contributed by atoms with Crippen molar-refractivity contribution in [2.75, 3.05) is 214 Å². The molecule has 0 bridgehead atoms. The molecule has 0 aromatic heterocycles. The summed E-state index contributed by atoms with van der Waals surface area (Å²) in [5.41, 5.74) is 72.0. The Morgan fingerprint density at radius 3 is 1.27 bits per heavy atom. The second kappa shape index (κ2) is 93.6. The van der Waals surface area contributed by atoms with Crippen molar-refractivity contribution in [1.29, 1.82) is 0 Å². The average molecular weight is 1400 g/mol. The van der Waals surface area contributed by atoms with E-state index < -0.39 is 23.5 Å². The van der Waals surface area contributed by atoms with Crippen LogP contribution in [-0.4, -0.2) is 320 Å². The lowest BCUT2D eigenvalue weighted by atomic mass is 10.1. The molecule has 95 heavy (non-hydrogen) atoms. The smallest absolute Gasteiger partial charge is 0.168 e. The summed E-state index contributed by atoms with van der Waals surface area (Å²) in [4.78, 5) is 0. The van der Waals surface area contributed by atoms with Crippen LogP contribution in [0.1, 0.15) is 79.2 Å². The van der Waals surface area contributed by atoms with E-state index in [0.29, 0.717) is 91.4 Å². The standard InChI is InChI=1S/C10H15NO2.C6H13NO2.C5H11NO2.C5H11NO.2C4H11NO2.2C4H11NO.2C3H9NO2.4C3H9NO/c1-12-9-4-3-8(5-6-11)7-10(9)13-2;1-6(2)8-4-5(3-7)9-6;6-2-1-5-7-3-4-8-5;6-4-5-2-1-3-7-5;1-6-4(3-5)7-2;1-4(5,2-6)3-7;1-6-4-2-3-5;1-2-6-4-3-5;4-3(1-5)2-6;4-1-3(6)2-5;1-5-3-2-4;2*1-3(5)2-4;4-2-1-3-5/h3-4,7H,5-6,11H2,1-2H3;5H,3-4,7H2,1-2H3;5H,1-4,6H2;5H,1-4,6H2;4H,3,5H2,1-2H3;6-7H,2-3,5H2,1H3;2*2-5H2,1H3;2*3,5-6H,1-2,4H2;2-4H2,1H3;2*3,5H,2,4H2,1H3;5H,1-4H2/t;;;;;;;;;;;2*3-;/m...........10./s1. The zero-order valence-electron chi connectivity index (χ0n) is 60.5. The van der Waals surface area contributed by atoms with Crippen LogP contribution < -0.4 is 89.7 Å². The highest BCUT2D eigenvalue weighted by molar-refractivity contribution is 5.42. The van der Waals surface area contributed by atoms with Gasteiger partial charge in [-0.2, -0.15) is 0 Å². The van der Waals surface area contributed by atoms with Crippen molar-refractivity contribution in [2.45, 2.75) is 141 Å². The SMILES string of the molecule is CC(N)(CO)CO.CC1(C)OCC(CN)O1.CCOCCN.COC(CN)OC.COCCCN.COCCN.COc1ccc(CCN)cc1OC.C[C@@H](O)CN.C[C@H](O)CN.NC(CO)CO.NCC(O)CO.NCC1CCCO1.NCCC1OCCO1.NCCCO. The highest BCUT2D eigenvalue weighted by atomic mass is 16.7. The minimum atomic E-state index is -0.806. The molecule has 3 aliphatic heterocycles. The predicted molar refractivity (Wildman–Crippen MR) is 376 cm³/mol. The van der Waals surface area contributed by atoms with Crippen LogP contribution in [0.15, 0.2) is 18.2 Å². The summed E-state index contributed by atoms with van der Waals surface area (Å²) in [5, 5.41) is 73.5. The lowest BCUT2D eigenvalue weighted by Gasteiger charge is -2.16. The van der Waals surface area contributed by atoms with Crippen LogP contribution in [0.5, 0.6) is 11.5 Å². The van der Waals surface area contributed by atoms with Gasteiger partial charge < -0.3 is 183 Å². The zero-order chi connectivity index (χ0) is 75.6. The van der Waals surface area contributed by atoms with Crippen molar-refractivity contribution in [3.05, 3.63) is 23.8 Å². The summed E-state index contributed by atoms with van der Waals surface area (Å²) in [6.07, 6.45) is 4.55. The van der Waals surface area contributed by atoms with Gasteiger partial charge in [0.25, 0.3) is 0 Å². The topological polar surface area (TPSA) is 657 Å². The van der Waals surface area contributed by atoms with Crippen LogP contribution >= 0.6 is 0 Å². The number of aliphatic hydroxyl groups is 9. The van der Waals surface area contributed by atoms with E-state index in [1.165, 1.54) is 12.0 Å². The number of nitrogens with two attached hydrogens (primary N) is 14. The summed E-state index contributed by atoms with van der Waals surface area (Å²) in [6.45, 7) is 22.3. The van der Waals surface area contributed by atoms with E-state index in [9.17, 15) is 0 Å². The monoisotopic (exact) mass is 1400 g/mol. The van der Waals surface area contributed by atoms with E-state index in [0.717, 1.165) is 83.2 Å². The molecule has 0 saturated carbocycles. The van der Waals surface area contributed by atoms with Crippen LogP contribution in [0.25, 0.3) is 0 Å². The fourth-order valence-electron chi connectivity index (χ4n) is 4.76.